The first-order valence-electron chi connectivity index (χ1n) is 11.3. The number of hydrogen-bond donors (Lipinski definition) is 0. The summed E-state index contributed by atoms with van der Waals surface area (Å²) >= 11 is 0. The summed E-state index contributed by atoms with van der Waals surface area (Å²) in [6.07, 6.45) is 4.56. The molecular weight excluding hydrogens is 412 g/mol. The number of fused-ring (bicyclic) bond motifs is 1. The quantitative estimate of drug-likeness (QED) is 0.193. The van der Waals surface area contributed by atoms with Gasteiger partial charge in [0.25, 0.3) is 0 Å². The fourth-order valence-electron chi connectivity index (χ4n) is 3.89. The predicted octanol–water partition coefficient (Wildman–Crippen LogP) is 6.21. The Morgan fingerprint density at radius 3 is 2.39 bits per heavy atom. The molecule has 0 radical (unpaired) electrons. The van der Waals surface area contributed by atoms with Gasteiger partial charge in [0.05, 0.1) is 24.8 Å². The van der Waals surface area contributed by atoms with Crippen LogP contribution in [0.25, 0.3) is 11.0 Å². The minimum absolute atomic E-state index is 0.417. The lowest BCUT2D eigenvalue weighted by atomic mass is 10.1. The number of para-hydroxylation sites is 5. The molecule has 0 N–H and O–H groups in total. The molecule has 0 aliphatic rings. The maximum atomic E-state index is 6.19. The normalized spacial score (nSPS) is 10.8. The molecule has 5 heteroatoms. The van der Waals surface area contributed by atoms with E-state index >= 15 is 0 Å². The van der Waals surface area contributed by atoms with Crippen molar-refractivity contribution in [1.82, 2.24) is 9.55 Å². The van der Waals surface area contributed by atoms with Crippen LogP contribution in [0, 0.1) is 0 Å². The summed E-state index contributed by atoms with van der Waals surface area (Å²) < 4.78 is 19.7. The number of methoxy groups -OCH3 is 1. The Bertz CT molecular complexity index is 1200. The topological polar surface area (TPSA) is 45.5 Å². The molecule has 33 heavy (non-hydrogen) atoms. The average Bonchev–Trinajstić information content (AvgIpc) is 3.21. The Balaban J connectivity index is 1.40. The van der Waals surface area contributed by atoms with Crippen LogP contribution in [0.3, 0.4) is 0 Å². The fraction of sp³-hybridized carbons (Fsp3) is 0.250. The monoisotopic (exact) mass is 442 g/mol. The number of aromatic nitrogens is 2. The molecule has 1 heterocycles. The SMILES string of the molecule is C=CCc1ccccc1OCc1nc2ccccc2n1CCCCOc1ccccc1OC. The number of rotatable bonds is 12. The van der Waals surface area contributed by atoms with Crippen molar-refractivity contribution >= 4 is 11.0 Å². The van der Waals surface area contributed by atoms with Gasteiger partial charge in [-0.25, -0.2) is 4.98 Å². The zero-order valence-corrected chi connectivity index (χ0v) is 19.1. The Kier molecular flexibility index (Phi) is 7.64. The number of imidazole rings is 1. The summed E-state index contributed by atoms with van der Waals surface area (Å²) in [6, 6.07) is 24.1. The van der Waals surface area contributed by atoms with Crippen molar-refractivity contribution in [3.05, 3.63) is 96.8 Å². The van der Waals surface area contributed by atoms with E-state index in [2.05, 4.69) is 29.3 Å². The van der Waals surface area contributed by atoms with Gasteiger partial charge in [-0.15, -0.1) is 6.58 Å². The first kappa shape index (κ1) is 22.5. The Morgan fingerprint density at radius 1 is 0.848 bits per heavy atom. The second kappa shape index (κ2) is 11.2. The van der Waals surface area contributed by atoms with Crippen LogP contribution in [0.1, 0.15) is 24.2 Å². The number of benzene rings is 3. The van der Waals surface area contributed by atoms with Gasteiger partial charge in [0.1, 0.15) is 18.2 Å². The highest BCUT2D eigenvalue weighted by molar-refractivity contribution is 5.75. The standard InChI is InChI=1S/C28H30N2O3/c1-3-12-22-13-4-7-16-25(22)33-21-28-29-23-14-5-6-15-24(23)30(28)19-10-11-20-32-27-18-9-8-17-26(27)31-2/h3-9,13-18H,1,10-12,19-21H2,2H3. The molecule has 3 aromatic carbocycles. The highest BCUT2D eigenvalue weighted by Gasteiger charge is 2.12. The lowest BCUT2D eigenvalue weighted by Crippen LogP contribution is -2.09. The average molecular weight is 443 g/mol. The summed E-state index contributed by atoms with van der Waals surface area (Å²) in [7, 11) is 1.66. The zero-order chi connectivity index (χ0) is 22.9. The molecule has 0 atom stereocenters. The van der Waals surface area contributed by atoms with Gasteiger partial charge in [0.2, 0.25) is 0 Å². The van der Waals surface area contributed by atoms with Crippen molar-refractivity contribution in [2.45, 2.75) is 32.4 Å². The van der Waals surface area contributed by atoms with Crippen molar-refractivity contribution in [3.8, 4) is 17.2 Å². The molecular formula is C28H30N2O3. The maximum absolute atomic E-state index is 6.19. The van der Waals surface area contributed by atoms with E-state index in [0.29, 0.717) is 13.2 Å². The lowest BCUT2D eigenvalue weighted by Gasteiger charge is -2.13. The largest absolute Gasteiger partial charge is 0.493 e. The molecule has 0 aliphatic heterocycles. The lowest BCUT2D eigenvalue weighted by molar-refractivity contribution is 0.277. The molecule has 0 aliphatic carbocycles. The van der Waals surface area contributed by atoms with Crippen LogP contribution in [0.4, 0.5) is 0 Å². The van der Waals surface area contributed by atoms with Gasteiger partial charge in [-0.1, -0.05) is 48.5 Å². The van der Waals surface area contributed by atoms with Gasteiger partial charge in [-0.05, 0) is 55.2 Å². The van der Waals surface area contributed by atoms with Gasteiger partial charge in [0, 0.05) is 6.54 Å². The van der Waals surface area contributed by atoms with Crippen LogP contribution < -0.4 is 14.2 Å². The molecule has 0 bridgehead atoms. The van der Waals surface area contributed by atoms with E-state index in [4.69, 9.17) is 19.2 Å². The summed E-state index contributed by atoms with van der Waals surface area (Å²) in [4.78, 5) is 4.84. The van der Waals surface area contributed by atoms with E-state index in [1.54, 1.807) is 7.11 Å². The molecule has 0 saturated carbocycles. The minimum Gasteiger partial charge on any atom is -0.493 e. The number of nitrogens with zero attached hydrogens (tertiary/aromatic N) is 2. The van der Waals surface area contributed by atoms with Crippen molar-refractivity contribution in [2.24, 2.45) is 0 Å². The summed E-state index contributed by atoms with van der Waals surface area (Å²) in [5.74, 6) is 3.34. The summed E-state index contributed by atoms with van der Waals surface area (Å²) in [6.45, 7) is 5.75. The number of ether oxygens (including phenoxy) is 3. The smallest absolute Gasteiger partial charge is 0.161 e. The zero-order valence-electron chi connectivity index (χ0n) is 19.1. The van der Waals surface area contributed by atoms with Crippen LogP contribution in [0.5, 0.6) is 17.2 Å². The van der Waals surface area contributed by atoms with Crippen LogP contribution in [-0.2, 0) is 19.6 Å². The van der Waals surface area contributed by atoms with Gasteiger partial charge < -0.3 is 18.8 Å². The number of aryl methyl sites for hydroxylation is 1. The number of unbranched alkanes of at least 4 members (excludes halogenated alkanes) is 1. The van der Waals surface area contributed by atoms with Crippen LogP contribution in [-0.4, -0.2) is 23.3 Å². The molecule has 0 spiro atoms. The van der Waals surface area contributed by atoms with E-state index in [1.807, 2.05) is 60.7 Å². The van der Waals surface area contributed by atoms with Gasteiger partial charge in [-0.2, -0.15) is 0 Å². The van der Waals surface area contributed by atoms with E-state index in [9.17, 15) is 0 Å². The predicted molar refractivity (Wildman–Crippen MR) is 132 cm³/mol. The Morgan fingerprint density at radius 2 is 1.58 bits per heavy atom. The fourth-order valence-corrected chi connectivity index (χ4v) is 3.89. The van der Waals surface area contributed by atoms with Gasteiger partial charge >= 0.3 is 0 Å². The van der Waals surface area contributed by atoms with E-state index in [1.165, 1.54) is 0 Å². The van der Waals surface area contributed by atoms with Crippen molar-refractivity contribution in [3.63, 3.8) is 0 Å². The maximum Gasteiger partial charge on any atom is 0.161 e. The minimum atomic E-state index is 0.417. The molecule has 0 unspecified atom stereocenters. The van der Waals surface area contributed by atoms with Crippen LogP contribution >= 0.6 is 0 Å². The van der Waals surface area contributed by atoms with E-state index in [-0.39, 0.29) is 0 Å². The van der Waals surface area contributed by atoms with Crippen molar-refractivity contribution in [2.75, 3.05) is 13.7 Å². The third-order valence-electron chi connectivity index (χ3n) is 5.53. The molecule has 0 saturated heterocycles. The molecule has 5 nitrogen and oxygen atoms in total. The summed E-state index contributed by atoms with van der Waals surface area (Å²) in [5.41, 5.74) is 3.24. The molecule has 1 aromatic heterocycles. The van der Waals surface area contributed by atoms with Crippen molar-refractivity contribution in [1.29, 1.82) is 0 Å². The number of allylic oxidation sites excluding steroid dienone is 1. The third kappa shape index (κ3) is 5.55. The first-order chi connectivity index (χ1) is 16.3. The molecule has 0 amide bonds. The third-order valence-corrected chi connectivity index (χ3v) is 5.53. The van der Waals surface area contributed by atoms with Crippen LogP contribution in [0.15, 0.2) is 85.5 Å². The summed E-state index contributed by atoms with van der Waals surface area (Å²) in [5, 5.41) is 0. The second-order valence-corrected chi connectivity index (χ2v) is 7.76. The molecule has 4 aromatic rings. The van der Waals surface area contributed by atoms with Gasteiger partial charge in [-0.3, -0.25) is 0 Å². The second-order valence-electron chi connectivity index (χ2n) is 7.76. The molecule has 170 valence electrons. The molecule has 0 fully saturated rings. The van der Waals surface area contributed by atoms with E-state index < -0.39 is 0 Å². The first-order valence-corrected chi connectivity index (χ1v) is 11.3. The highest BCUT2D eigenvalue weighted by atomic mass is 16.5. The number of hydrogen-bond acceptors (Lipinski definition) is 4. The van der Waals surface area contributed by atoms with E-state index in [0.717, 1.165) is 65.5 Å². The highest BCUT2D eigenvalue weighted by Crippen LogP contribution is 2.26. The van der Waals surface area contributed by atoms with Crippen LogP contribution in [0.2, 0.25) is 0 Å². The Labute approximate surface area is 195 Å². The molecule has 4 rings (SSSR count). The Hall–Kier alpha value is -3.73. The van der Waals surface area contributed by atoms with Gasteiger partial charge in [0.15, 0.2) is 11.5 Å². The van der Waals surface area contributed by atoms with Crippen molar-refractivity contribution < 1.29 is 14.2 Å².